The average molecular weight is 622 g/mol. The van der Waals surface area contributed by atoms with Crippen molar-refractivity contribution in [1.82, 2.24) is 9.47 Å². The number of nitrogens with one attached hydrogen (secondary N) is 1. The van der Waals surface area contributed by atoms with E-state index in [9.17, 15) is 23.2 Å². The molecular formula is C37H33F2N3O4. The van der Waals surface area contributed by atoms with Gasteiger partial charge < -0.3 is 14.6 Å². The van der Waals surface area contributed by atoms with Gasteiger partial charge >= 0.3 is 5.97 Å². The Bertz CT molecular complexity index is 1990. The monoisotopic (exact) mass is 621 g/mol. The first kappa shape index (κ1) is 30.9. The number of benzene rings is 4. The maximum atomic E-state index is 14.8. The van der Waals surface area contributed by atoms with Gasteiger partial charge in [-0.05, 0) is 66.6 Å². The number of amides is 1. The predicted molar refractivity (Wildman–Crippen MR) is 173 cm³/mol. The maximum absolute atomic E-state index is 14.8. The zero-order chi connectivity index (χ0) is 32.5. The van der Waals surface area contributed by atoms with Gasteiger partial charge in [-0.15, -0.1) is 0 Å². The summed E-state index contributed by atoms with van der Waals surface area (Å²) in [6.07, 6.45) is 1.33. The highest BCUT2D eigenvalue weighted by atomic mass is 19.1. The van der Waals surface area contributed by atoms with Crippen LogP contribution in [-0.4, -0.2) is 35.0 Å². The van der Waals surface area contributed by atoms with Crippen LogP contribution in [0.25, 0.3) is 10.9 Å². The summed E-state index contributed by atoms with van der Waals surface area (Å²) in [4.78, 5) is 41.1. The number of aromatic nitrogens is 1. The summed E-state index contributed by atoms with van der Waals surface area (Å²) in [6.45, 7) is 3.30. The molecule has 6 rings (SSSR count). The molecule has 0 saturated heterocycles. The first-order chi connectivity index (χ1) is 22.2. The van der Waals surface area contributed by atoms with Crippen molar-refractivity contribution in [3.8, 4) is 0 Å². The summed E-state index contributed by atoms with van der Waals surface area (Å²) in [7, 11) is 1.99. The van der Waals surface area contributed by atoms with Crippen LogP contribution in [0.1, 0.15) is 64.0 Å². The molecule has 1 aliphatic rings. The second kappa shape index (κ2) is 12.7. The summed E-state index contributed by atoms with van der Waals surface area (Å²) in [5, 5.41) is 3.11. The van der Waals surface area contributed by atoms with Crippen molar-refractivity contribution >= 4 is 28.5 Å². The number of anilines is 1. The molecule has 1 aromatic heterocycles. The SMILES string of the molecule is CCOC(=O)c1cn(Cc2c(F)cccc2F)c2ccc3c(c2c1=O)CN(C)C(c1ccccc1)C3c1ccc(NC(C)=O)cc1. The minimum Gasteiger partial charge on any atom is -0.462 e. The van der Waals surface area contributed by atoms with Gasteiger partial charge in [-0.2, -0.15) is 0 Å². The smallest absolute Gasteiger partial charge is 0.343 e. The van der Waals surface area contributed by atoms with Crippen LogP contribution in [-0.2, 0) is 22.6 Å². The summed E-state index contributed by atoms with van der Waals surface area (Å²) >= 11 is 0. The van der Waals surface area contributed by atoms with Crippen LogP contribution < -0.4 is 10.7 Å². The lowest BCUT2D eigenvalue weighted by Crippen LogP contribution is -2.36. The zero-order valence-corrected chi connectivity index (χ0v) is 25.7. The van der Waals surface area contributed by atoms with Crippen molar-refractivity contribution in [2.24, 2.45) is 0 Å². The van der Waals surface area contributed by atoms with Gasteiger partial charge in [0.2, 0.25) is 11.3 Å². The fourth-order valence-corrected chi connectivity index (χ4v) is 6.57. The zero-order valence-electron chi connectivity index (χ0n) is 25.7. The van der Waals surface area contributed by atoms with Gasteiger partial charge in [0.25, 0.3) is 0 Å². The molecule has 2 unspecified atom stereocenters. The second-order valence-corrected chi connectivity index (χ2v) is 11.5. The summed E-state index contributed by atoms with van der Waals surface area (Å²) in [6, 6.07) is 25.0. The molecule has 2 atom stereocenters. The molecule has 7 nitrogen and oxygen atoms in total. The number of fused-ring (bicyclic) bond motifs is 3. The van der Waals surface area contributed by atoms with E-state index in [1.54, 1.807) is 17.6 Å². The Morgan fingerprint density at radius 1 is 0.913 bits per heavy atom. The number of ether oxygens (including phenoxy) is 1. The van der Waals surface area contributed by atoms with Gasteiger partial charge in [0, 0.05) is 42.9 Å². The molecular weight excluding hydrogens is 588 g/mol. The van der Waals surface area contributed by atoms with Gasteiger partial charge in [0.1, 0.15) is 17.2 Å². The third-order valence-electron chi connectivity index (χ3n) is 8.54. The van der Waals surface area contributed by atoms with E-state index in [1.165, 1.54) is 31.3 Å². The van der Waals surface area contributed by atoms with Crippen molar-refractivity contribution in [2.75, 3.05) is 19.0 Å². The van der Waals surface area contributed by atoms with Crippen molar-refractivity contribution in [3.63, 3.8) is 0 Å². The average Bonchev–Trinajstić information content (AvgIpc) is 3.03. The molecule has 2 heterocycles. The molecule has 1 N–H and O–H groups in total. The van der Waals surface area contributed by atoms with Crippen LogP contribution in [0.2, 0.25) is 0 Å². The Morgan fingerprint density at radius 3 is 2.26 bits per heavy atom. The first-order valence-electron chi connectivity index (χ1n) is 15.1. The highest BCUT2D eigenvalue weighted by Gasteiger charge is 2.37. The van der Waals surface area contributed by atoms with Gasteiger partial charge in [-0.1, -0.05) is 54.6 Å². The Balaban J connectivity index is 1.61. The number of carbonyl (C=O) groups excluding carboxylic acids is 2. The number of likely N-dealkylation sites (N-methyl/N-ethyl adjacent to an activating group) is 1. The number of hydrogen-bond acceptors (Lipinski definition) is 5. The molecule has 1 amide bonds. The van der Waals surface area contributed by atoms with Crippen LogP contribution >= 0.6 is 0 Å². The first-order valence-corrected chi connectivity index (χ1v) is 15.1. The van der Waals surface area contributed by atoms with E-state index in [2.05, 4.69) is 22.3 Å². The van der Waals surface area contributed by atoms with E-state index in [0.717, 1.165) is 22.3 Å². The summed E-state index contributed by atoms with van der Waals surface area (Å²) < 4.78 is 36.4. The molecule has 0 aliphatic carbocycles. The molecule has 4 aromatic carbocycles. The van der Waals surface area contributed by atoms with Crippen LogP contribution in [0, 0.1) is 11.6 Å². The molecule has 5 aromatic rings. The van der Waals surface area contributed by atoms with E-state index in [0.29, 0.717) is 23.1 Å². The predicted octanol–water partition coefficient (Wildman–Crippen LogP) is 6.78. The van der Waals surface area contributed by atoms with Crippen molar-refractivity contribution in [1.29, 1.82) is 0 Å². The lowest BCUT2D eigenvalue weighted by Gasteiger charge is -2.42. The molecule has 46 heavy (non-hydrogen) atoms. The van der Waals surface area contributed by atoms with Crippen molar-refractivity contribution in [3.05, 3.63) is 146 Å². The van der Waals surface area contributed by atoms with E-state index in [1.807, 2.05) is 55.6 Å². The molecule has 0 bridgehead atoms. The highest BCUT2D eigenvalue weighted by molar-refractivity contribution is 5.95. The van der Waals surface area contributed by atoms with E-state index >= 15 is 0 Å². The number of rotatable bonds is 7. The minimum absolute atomic E-state index is 0.0587. The maximum Gasteiger partial charge on any atom is 0.343 e. The van der Waals surface area contributed by atoms with E-state index in [-0.39, 0.29) is 42.1 Å². The molecule has 0 spiro atoms. The van der Waals surface area contributed by atoms with Crippen LogP contribution in [0.15, 0.2) is 95.9 Å². The van der Waals surface area contributed by atoms with Gasteiger partial charge in [0.05, 0.1) is 24.1 Å². The lowest BCUT2D eigenvalue weighted by atomic mass is 9.75. The summed E-state index contributed by atoms with van der Waals surface area (Å²) in [5.74, 6) is -2.67. The second-order valence-electron chi connectivity index (χ2n) is 11.5. The van der Waals surface area contributed by atoms with Gasteiger partial charge in [0.15, 0.2) is 0 Å². The standard InChI is InChI=1S/C37H33F2N3O4/c1-4-46-37(45)29-21-42(20-28-30(38)11-8-12-31(28)39)32-18-17-26-27(34(32)36(29)44)19-41(3)35(24-9-6-5-7-10-24)33(26)23-13-15-25(16-14-23)40-22(2)43/h5-18,21,33,35H,4,19-20H2,1-3H3,(H,40,43). The number of hydrogen-bond donors (Lipinski definition) is 1. The molecule has 0 radical (unpaired) electrons. The lowest BCUT2D eigenvalue weighted by molar-refractivity contribution is -0.114. The van der Waals surface area contributed by atoms with Crippen molar-refractivity contribution in [2.45, 2.75) is 38.9 Å². The Morgan fingerprint density at radius 2 is 1.61 bits per heavy atom. The number of nitrogens with zero attached hydrogens (tertiary/aromatic N) is 2. The molecule has 1 aliphatic heterocycles. The topological polar surface area (TPSA) is 80.6 Å². The molecule has 0 fully saturated rings. The Hall–Kier alpha value is -5.15. The van der Waals surface area contributed by atoms with Gasteiger partial charge in [-0.25, -0.2) is 13.6 Å². The largest absolute Gasteiger partial charge is 0.462 e. The molecule has 0 saturated carbocycles. The Labute approximate surface area is 265 Å². The Kier molecular flexibility index (Phi) is 8.51. The fraction of sp³-hybridized carbons (Fsp3) is 0.216. The van der Waals surface area contributed by atoms with Crippen LogP contribution in [0.4, 0.5) is 14.5 Å². The number of halogens is 2. The molecule has 234 valence electrons. The summed E-state index contributed by atoms with van der Waals surface area (Å²) in [5.41, 5.74) is 3.90. The van der Waals surface area contributed by atoms with E-state index in [4.69, 9.17) is 4.74 Å². The van der Waals surface area contributed by atoms with Crippen LogP contribution in [0.3, 0.4) is 0 Å². The quantitative estimate of drug-likeness (QED) is 0.203. The van der Waals surface area contributed by atoms with Crippen LogP contribution in [0.5, 0.6) is 0 Å². The minimum atomic E-state index is -0.800. The van der Waals surface area contributed by atoms with Gasteiger partial charge in [-0.3, -0.25) is 14.5 Å². The highest BCUT2D eigenvalue weighted by Crippen LogP contribution is 2.47. The third kappa shape index (κ3) is 5.70. The van der Waals surface area contributed by atoms with E-state index < -0.39 is 23.0 Å². The molecule has 9 heteroatoms. The fourth-order valence-electron chi connectivity index (χ4n) is 6.57. The number of pyridine rings is 1. The van der Waals surface area contributed by atoms with Crippen molar-refractivity contribution < 1.29 is 23.1 Å². The number of esters is 1. The third-order valence-corrected chi connectivity index (χ3v) is 8.54. The normalized spacial score (nSPS) is 16.2. The number of carbonyl (C=O) groups is 2.